The Morgan fingerprint density at radius 2 is 0.776 bits per heavy atom. The molecule has 0 radical (unpaired) electrons. The first-order valence-corrected chi connectivity index (χ1v) is 26.1. The maximum Gasteiger partial charge on any atom is 0.306 e. The molecule has 0 aliphatic carbocycles. The largest absolute Gasteiger partial charge is 0.466 e. The van der Waals surface area contributed by atoms with Crippen LogP contribution in [0.15, 0.2) is 0 Å². The van der Waals surface area contributed by atoms with E-state index in [-0.39, 0.29) is 18.0 Å². The molecule has 0 rings (SSSR count). The summed E-state index contributed by atoms with van der Waals surface area (Å²) in [7, 11) is 4.36. The molecule has 0 spiro atoms. The van der Waals surface area contributed by atoms with E-state index in [4.69, 9.17) is 9.47 Å². The second-order valence-electron chi connectivity index (χ2n) is 18.5. The summed E-state index contributed by atoms with van der Waals surface area (Å²) >= 11 is 0. The molecule has 6 nitrogen and oxygen atoms in total. The van der Waals surface area contributed by atoms with Crippen molar-refractivity contribution in [2.75, 3.05) is 46.9 Å². The van der Waals surface area contributed by atoms with Crippen LogP contribution in [0.25, 0.3) is 0 Å². The average Bonchev–Trinajstić information content (AvgIpc) is 3.21. The Bertz CT molecular complexity index is 827. The summed E-state index contributed by atoms with van der Waals surface area (Å²) in [6.45, 7) is 14.4. The summed E-state index contributed by atoms with van der Waals surface area (Å²) in [6.07, 6.45) is 44.8. The number of unbranched alkanes of at least 4 members (excludes halogenated alkanes) is 24. The fourth-order valence-electron chi connectivity index (χ4n) is 8.32. The fraction of sp³-hybridized carbons (Fsp3) is 0.962. The summed E-state index contributed by atoms with van der Waals surface area (Å²) in [5, 5.41) is 0. The molecule has 0 saturated heterocycles. The second-order valence-corrected chi connectivity index (χ2v) is 18.5. The normalized spacial score (nSPS) is 11.8. The molecule has 0 heterocycles. The molecule has 346 valence electrons. The molecule has 0 unspecified atom stereocenters. The molecule has 0 aliphatic rings. The minimum absolute atomic E-state index is 0.0207. The van der Waals surface area contributed by atoms with Gasteiger partial charge in [-0.3, -0.25) is 9.59 Å². The van der Waals surface area contributed by atoms with E-state index in [2.05, 4.69) is 51.6 Å². The minimum atomic E-state index is 0.0207. The van der Waals surface area contributed by atoms with Crippen molar-refractivity contribution >= 4 is 11.9 Å². The molecule has 0 N–H and O–H groups in total. The Balaban J connectivity index is 4.05. The lowest BCUT2D eigenvalue weighted by Crippen LogP contribution is -2.33. The Labute approximate surface area is 363 Å². The van der Waals surface area contributed by atoms with E-state index in [9.17, 15) is 9.59 Å². The Morgan fingerprint density at radius 3 is 1.21 bits per heavy atom. The van der Waals surface area contributed by atoms with Gasteiger partial charge in [0.15, 0.2) is 0 Å². The van der Waals surface area contributed by atoms with Crippen molar-refractivity contribution in [2.24, 2.45) is 5.92 Å². The van der Waals surface area contributed by atoms with Crippen LogP contribution in [0.4, 0.5) is 0 Å². The molecule has 0 aromatic carbocycles. The van der Waals surface area contributed by atoms with E-state index < -0.39 is 0 Å². The number of rotatable bonds is 47. The van der Waals surface area contributed by atoms with Crippen LogP contribution in [0.2, 0.25) is 0 Å². The van der Waals surface area contributed by atoms with Crippen LogP contribution in [-0.4, -0.2) is 74.7 Å². The van der Waals surface area contributed by atoms with Gasteiger partial charge in [0, 0.05) is 25.9 Å². The van der Waals surface area contributed by atoms with Gasteiger partial charge in [0.1, 0.15) is 6.10 Å². The molecule has 58 heavy (non-hydrogen) atoms. The number of likely N-dealkylation sites (N-methyl/N-ethyl adjacent to an activating group) is 1. The molecular formula is C52H104N2O4. The molecule has 6 heteroatoms. The van der Waals surface area contributed by atoms with Gasteiger partial charge in [-0.15, -0.1) is 0 Å². The molecule has 0 amide bonds. The molecule has 0 aliphatic heterocycles. The molecule has 0 fully saturated rings. The zero-order valence-corrected chi connectivity index (χ0v) is 40.4. The predicted molar refractivity (Wildman–Crippen MR) is 253 cm³/mol. The van der Waals surface area contributed by atoms with E-state index in [1.165, 1.54) is 193 Å². The van der Waals surface area contributed by atoms with E-state index >= 15 is 0 Å². The van der Waals surface area contributed by atoms with Crippen LogP contribution in [0.5, 0.6) is 0 Å². The first kappa shape index (κ1) is 56.9. The summed E-state index contributed by atoms with van der Waals surface area (Å²) in [5.41, 5.74) is 0. The van der Waals surface area contributed by atoms with Gasteiger partial charge in [0.25, 0.3) is 0 Å². The number of esters is 2. The SMILES string of the molecule is CCCCCCC(CCCCCC)CCOC(=O)CCCCCCCCCN(CCCCCCCCCC(=O)OC(CCCCCC)CCCCCC)CCN(C)C. The maximum atomic E-state index is 12.6. The summed E-state index contributed by atoms with van der Waals surface area (Å²) in [5.74, 6) is 0.789. The first-order valence-electron chi connectivity index (χ1n) is 26.1. The van der Waals surface area contributed by atoms with Crippen LogP contribution in [0, 0.1) is 5.92 Å². The van der Waals surface area contributed by atoms with Crippen LogP contribution >= 0.6 is 0 Å². The second kappa shape index (κ2) is 45.4. The molecule has 0 saturated carbocycles. The lowest BCUT2D eigenvalue weighted by atomic mass is 9.92. The van der Waals surface area contributed by atoms with E-state index in [1.807, 2.05) is 0 Å². The molecular weight excluding hydrogens is 717 g/mol. The van der Waals surface area contributed by atoms with Crippen molar-refractivity contribution in [1.29, 1.82) is 0 Å². The van der Waals surface area contributed by atoms with Crippen LogP contribution in [-0.2, 0) is 19.1 Å². The van der Waals surface area contributed by atoms with Gasteiger partial charge < -0.3 is 19.3 Å². The highest BCUT2D eigenvalue weighted by atomic mass is 16.5. The minimum Gasteiger partial charge on any atom is -0.466 e. The third kappa shape index (κ3) is 41.6. The number of carbonyl (C=O) groups excluding carboxylic acids is 2. The smallest absolute Gasteiger partial charge is 0.306 e. The van der Waals surface area contributed by atoms with E-state index in [0.717, 1.165) is 64.0 Å². The van der Waals surface area contributed by atoms with Crippen LogP contribution in [0.3, 0.4) is 0 Å². The number of ether oxygens (including phenoxy) is 2. The topological polar surface area (TPSA) is 59.1 Å². The van der Waals surface area contributed by atoms with Crippen molar-refractivity contribution in [3.8, 4) is 0 Å². The van der Waals surface area contributed by atoms with Gasteiger partial charge >= 0.3 is 11.9 Å². The van der Waals surface area contributed by atoms with Gasteiger partial charge in [0.05, 0.1) is 6.61 Å². The third-order valence-electron chi connectivity index (χ3n) is 12.4. The standard InChI is InChI=1S/C52H104N2O4/c1-7-11-15-29-37-49(38-30-16-12-8-2)43-48-57-51(55)41-33-25-21-19-23-27-35-44-54(47-46-53(5)6)45-36-28-24-20-22-26-34-42-52(56)58-50(39-31-17-13-9-3)40-32-18-14-10-4/h49-50H,7-48H2,1-6H3. The summed E-state index contributed by atoms with van der Waals surface area (Å²) < 4.78 is 11.7. The average molecular weight is 821 g/mol. The fourth-order valence-corrected chi connectivity index (χ4v) is 8.32. The Kier molecular flexibility index (Phi) is 44.5. The predicted octanol–water partition coefficient (Wildman–Crippen LogP) is 15.4. The van der Waals surface area contributed by atoms with Gasteiger partial charge in [-0.05, 0) is 90.9 Å². The van der Waals surface area contributed by atoms with Crippen molar-refractivity contribution in [3.63, 3.8) is 0 Å². The number of carbonyl (C=O) groups is 2. The van der Waals surface area contributed by atoms with Crippen molar-refractivity contribution in [1.82, 2.24) is 9.80 Å². The van der Waals surface area contributed by atoms with Gasteiger partial charge in [-0.2, -0.15) is 0 Å². The Hall–Kier alpha value is -1.14. The quantitative estimate of drug-likeness (QED) is 0.0450. The van der Waals surface area contributed by atoms with Crippen molar-refractivity contribution in [2.45, 2.75) is 271 Å². The van der Waals surface area contributed by atoms with E-state index in [1.54, 1.807) is 0 Å². The summed E-state index contributed by atoms with van der Waals surface area (Å²) in [4.78, 5) is 30.0. The zero-order chi connectivity index (χ0) is 42.6. The highest BCUT2D eigenvalue weighted by molar-refractivity contribution is 5.69. The van der Waals surface area contributed by atoms with Gasteiger partial charge in [0.2, 0.25) is 0 Å². The van der Waals surface area contributed by atoms with Crippen molar-refractivity contribution in [3.05, 3.63) is 0 Å². The maximum absolute atomic E-state index is 12.6. The van der Waals surface area contributed by atoms with Crippen LogP contribution in [0.1, 0.15) is 265 Å². The number of hydrogen-bond acceptors (Lipinski definition) is 6. The molecule has 0 atom stereocenters. The monoisotopic (exact) mass is 821 g/mol. The van der Waals surface area contributed by atoms with Crippen molar-refractivity contribution < 1.29 is 19.1 Å². The van der Waals surface area contributed by atoms with Gasteiger partial charge in [-0.25, -0.2) is 0 Å². The first-order chi connectivity index (χ1) is 28.4. The lowest BCUT2D eigenvalue weighted by molar-refractivity contribution is -0.150. The van der Waals surface area contributed by atoms with Crippen LogP contribution < -0.4 is 0 Å². The highest BCUT2D eigenvalue weighted by Crippen LogP contribution is 2.22. The Morgan fingerprint density at radius 1 is 0.397 bits per heavy atom. The third-order valence-corrected chi connectivity index (χ3v) is 12.4. The molecule has 0 bridgehead atoms. The lowest BCUT2D eigenvalue weighted by Gasteiger charge is -2.24. The van der Waals surface area contributed by atoms with Gasteiger partial charge in [-0.1, -0.05) is 195 Å². The zero-order valence-electron chi connectivity index (χ0n) is 40.4. The summed E-state index contributed by atoms with van der Waals surface area (Å²) in [6, 6.07) is 0. The number of nitrogens with zero attached hydrogens (tertiary/aromatic N) is 2. The van der Waals surface area contributed by atoms with E-state index in [0.29, 0.717) is 19.4 Å². The highest BCUT2D eigenvalue weighted by Gasteiger charge is 2.15. The molecule has 0 aromatic rings. The molecule has 0 aromatic heterocycles. The number of hydrogen-bond donors (Lipinski definition) is 0.